The van der Waals surface area contributed by atoms with E-state index < -0.39 is 28.5 Å². The summed E-state index contributed by atoms with van der Waals surface area (Å²) in [7, 11) is -4.21. The summed E-state index contributed by atoms with van der Waals surface area (Å²) in [6.45, 7) is 3.71. The number of carbonyl (C=O) groups excluding carboxylic acids is 2. The Morgan fingerprint density at radius 3 is 2.05 bits per heavy atom. The van der Waals surface area contributed by atoms with Gasteiger partial charge in [-0.05, 0) is 73.0 Å². The van der Waals surface area contributed by atoms with Crippen molar-refractivity contribution in [3.8, 4) is 0 Å². The number of hydrogen-bond donors (Lipinski definition) is 1. The maximum Gasteiger partial charge on any atom is 0.264 e. The number of anilines is 1. The monoisotopic (exact) mass is 609 g/mol. The van der Waals surface area contributed by atoms with E-state index in [1.807, 2.05) is 6.92 Å². The van der Waals surface area contributed by atoms with Gasteiger partial charge in [0.25, 0.3) is 10.0 Å². The van der Waals surface area contributed by atoms with Crippen LogP contribution in [0.15, 0.2) is 77.7 Å². The highest BCUT2D eigenvalue weighted by Gasteiger charge is 2.33. The number of carbonyl (C=O) groups is 2. The zero-order valence-electron chi connectivity index (χ0n) is 21.6. The summed E-state index contributed by atoms with van der Waals surface area (Å²) in [5.41, 5.74) is 0.949. The van der Waals surface area contributed by atoms with Gasteiger partial charge in [0.1, 0.15) is 12.6 Å². The Morgan fingerprint density at radius 1 is 0.872 bits per heavy atom. The van der Waals surface area contributed by atoms with Crippen molar-refractivity contribution in [3.63, 3.8) is 0 Å². The highest BCUT2D eigenvalue weighted by atomic mass is 35.5. The third-order valence-corrected chi connectivity index (χ3v) is 8.51. The van der Waals surface area contributed by atoms with Crippen LogP contribution in [0.5, 0.6) is 0 Å². The molecule has 11 heteroatoms. The Balaban J connectivity index is 2.04. The van der Waals surface area contributed by atoms with Crippen molar-refractivity contribution in [2.45, 2.75) is 44.2 Å². The van der Waals surface area contributed by atoms with Crippen LogP contribution in [0.1, 0.15) is 32.3 Å². The minimum atomic E-state index is -4.21. The fourth-order valence-electron chi connectivity index (χ4n) is 3.97. The lowest BCUT2D eigenvalue weighted by atomic mass is 10.1. The molecule has 0 fully saturated rings. The Morgan fingerprint density at radius 2 is 1.49 bits per heavy atom. The molecule has 0 saturated carbocycles. The van der Waals surface area contributed by atoms with Gasteiger partial charge in [0, 0.05) is 28.2 Å². The van der Waals surface area contributed by atoms with Crippen LogP contribution >= 0.6 is 34.8 Å². The van der Waals surface area contributed by atoms with E-state index in [1.54, 1.807) is 49.4 Å². The third-order valence-electron chi connectivity index (χ3n) is 5.98. The van der Waals surface area contributed by atoms with Crippen molar-refractivity contribution in [3.05, 3.63) is 93.4 Å². The summed E-state index contributed by atoms with van der Waals surface area (Å²) in [5.74, 6) is -0.863. The molecule has 39 heavy (non-hydrogen) atoms. The molecule has 0 radical (unpaired) electrons. The van der Waals surface area contributed by atoms with Gasteiger partial charge in [-0.1, -0.05) is 66.8 Å². The van der Waals surface area contributed by atoms with Gasteiger partial charge < -0.3 is 10.2 Å². The molecular weight excluding hydrogens is 581 g/mol. The van der Waals surface area contributed by atoms with Crippen molar-refractivity contribution in [2.24, 2.45) is 0 Å². The summed E-state index contributed by atoms with van der Waals surface area (Å²) in [4.78, 5) is 28.4. The van der Waals surface area contributed by atoms with E-state index in [0.717, 1.165) is 16.3 Å². The number of nitrogens with zero attached hydrogens (tertiary/aromatic N) is 2. The molecule has 1 N–H and O–H groups in total. The van der Waals surface area contributed by atoms with Crippen molar-refractivity contribution in [2.75, 3.05) is 17.4 Å². The highest BCUT2D eigenvalue weighted by Crippen LogP contribution is 2.28. The average Bonchev–Trinajstić information content (AvgIpc) is 2.91. The molecule has 0 heterocycles. The van der Waals surface area contributed by atoms with Crippen molar-refractivity contribution in [1.82, 2.24) is 10.2 Å². The first kappa shape index (κ1) is 30.8. The van der Waals surface area contributed by atoms with E-state index in [4.69, 9.17) is 34.8 Å². The van der Waals surface area contributed by atoms with Crippen LogP contribution in [0.25, 0.3) is 0 Å². The molecule has 0 saturated heterocycles. The zero-order valence-corrected chi connectivity index (χ0v) is 24.7. The van der Waals surface area contributed by atoms with Crippen LogP contribution in [-0.2, 0) is 26.2 Å². The third kappa shape index (κ3) is 8.11. The maximum atomic E-state index is 14.0. The predicted molar refractivity (Wildman–Crippen MR) is 157 cm³/mol. The van der Waals surface area contributed by atoms with Crippen LogP contribution in [-0.4, -0.2) is 44.3 Å². The van der Waals surface area contributed by atoms with Crippen molar-refractivity contribution < 1.29 is 18.0 Å². The van der Waals surface area contributed by atoms with Crippen LogP contribution in [0.3, 0.4) is 0 Å². The van der Waals surface area contributed by atoms with Gasteiger partial charge in [-0.15, -0.1) is 0 Å². The second kappa shape index (κ2) is 14.0. The second-order valence-corrected chi connectivity index (χ2v) is 12.0. The van der Waals surface area contributed by atoms with Crippen molar-refractivity contribution in [1.29, 1.82) is 0 Å². The molecular formula is C28H30Cl3N3O4S. The summed E-state index contributed by atoms with van der Waals surface area (Å²) >= 11 is 18.2. The molecule has 0 aliphatic carbocycles. The Bertz CT molecular complexity index is 1380. The molecule has 3 aromatic carbocycles. The first-order chi connectivity index (χ1) is 18.6. The van der Waals surface area contributed by atoms with Gasteiger partial charge in [-0.25, -0.2) is 8.42 Å². The number of hydrogen-bond acceptors (Lipinski definition) is 4. The Kier molecular flexibility index (Phi) is 11.1. The minimum Gasteiger partial charge on any atom is -0.354 e. The second-order valence-electron chi connectivity index (χ2n) is 8.81. The number of sulfonamides is 1. The average molecular weight is 611 g/mol. The molecule has 0 bridgehead atoms. The van der Waals surface area contributed by atoms with E-state index in [-0.39, 0.29) is 23.0 Å². The molecule has 1 atom stereocenters. The van der Waals surface area contributed by atoms with Gasteiger partial charge >= 0.3 is 0 Å². The van der Waals surface area contributed by atoms with E-state index in [1.165, 1.54) is 35.2 Å². The van der Waals surface area contributed by atoms with E-state index in [2.05, 4.69) is 5.32 Å². The lowest BCUT2D eigenvalue weighted by molar-refractivity contribution is -0.140. The molecule has 2 amide bonds. The SMILES string of the molecule is CCCNC(=O)[C@H](CC)N(Cc1ccc(Cl)cc1)C(=O)CN(c1cccc(Cl)c1)S(=O)(=O)c1ccc(Cl)cc1. The minimum absolute atomic E-state index is 0.0448. The summed E-state index contributed by atoms with van der Waals surface area (Å²) < 4.78 is 28.6. The molecule has 0 unspecified atom stereocenters. The largest absolute Gasteiger partial charge is 0.354 e. The number of nitrogens with one attached hydrogen (secondary N) is 1. The summed E-state index contributed by atoms with van der Waals surface area (Å²) in [5, 5.41) is 4.06. The molecule has 0 aromatic heterocycles. The van der Waals surface area contributed by atoms with Crippen molar-refractivity contribution >= 4 is 62.3 Å². The maximum absolute atomic E-state index is 14.0. The fraction of sp³-hybridized carbons (Fsp3) is 0.286. The van der Waals surface area contributed by atoms with Crippen LogP contribution in [0.2, 0.25) is 15.1 Å². The van der Waals surface area contributed by atoms with E-state index in [0.29, 0.717) is 28.0 Å². The Hall–Kier alpha value is -2.78. The molecule has 0 aliphatic heterocycles. The first-order valence-corrected chi connectivity index (χ1v) is 15.0. The van der Waals surface area contributed by atoms with E-state index >= 15 is 0 Å². The first-order valence-electron chi connectivity index (χ1n) is 12.4. The van der Waals surface area contributed by atoms with Gasteiger partial charge in [0.15, 0.2) is 0 Å². The molecule has 0 spiro atoms. The number of rotatable bonds is 12. The van der Waals surface area contributed by atoms with E-state index in [9.17, 15) is 18.0 Å². The quantitative estimate of drug-likeness (QED) is 0.266. The van der Waals surface area contributed by atoms with Crippen LogP contribution in [0.4, 0.5) is 5.69 Å². The number of amides is 2. The summed E-state index contributed by atoms with van der Waals surface area (Å²) in [6.07, 6.45) is 1.06. The fourth-order valence-corrected chi connectivity index (χ4v) is 5.81. The molecule has 208 valence electrons. The molecule has 7 nitrogen and oxygen atoms in total. The van der Waals surface area contributed by atoms with Gasteiger partial charge in [-0.2, -0.15) is 0 Å². The number of halogens is 3. The lowest BCUT2D eigenvalue weighted by Crippen LogP contribution is -2.52. The van der Waals surface area contributed by atoms with Gasteiger partial charge in [0.05, 0.1) is 10.6 Å². The van der Waals surface area contributed by atoms with Gasteiger partial charge in [0.2, 0.25) is 11.8 Å². The molecule has 3 rings (SSSR count). The molecule has 3 aromatic rings. The van der Waals surface area contributed by atoms with Gasteiger partial charge in [-0.3, -0.25) is 13.9 Å². The topological polar surface area (TPSA) is 86.8 Å². The molecule has 0 aliphatic rings. The normalized spacial score (nSPS) is 12.0. The van der Waals surface area contributed by atoms with Crippen LogP contribution in [0, 0.1) is 0 Å². The highest BCUT2D eigenvalue weighted by molar-refractivity contribution is 7.92. The smallest absolute Gasteiger partial charge is 0.264 e. The lowest BCUT2D eigenvalue weighted by Gasteiger charge is -2.33. The van der Waals surface area contributed by atoms with Crippen LogP contribution < -0.4 is 9.62 Å². The predicted octanol–water partition coefficient (Wildman–Crippen LogP) is 6.18. The number of benzene rings is 3. The summed E-state index contributed by atoms with van der Waals surface area (Å²) in [6, 6.07) is 18.0. The Labute approximate surface area is 244 Å². The zero-order chi connectivity index (χ0) is 28.6. The standard InChI is InChI=1S/C28H30Cl3N3O4S/c1-3-16-32-28(36)26(4-2)33(18-20-8-10-21(29)11-9-20)27(35)19-34(24-7-5-6-23(31)17-24)39(37,38)25-14-12-22(30)13-15-25/h5-15,17,26H,3-4,16,18-19H2,1-2H3,(H,32,36)/t26-/m0/s1.